The maximum Gasteiger partial charge on any atom is 0.0328 e. The lowest BCUT2D eigenvalue weighted by molar-refractivity contribution is 0.976. The minimum absolute atomic E-state index is 0.896. The summed E-state index contributed by atoms with van der Waals surface area (Å²) in [5.41, 5.74) is 12.8. The van der Waals surface area contributed by atoms with Crippen molar-refractivity contribution in [3.63, 3.8) is 0 Å². The summed E-state index contributed by atoms with van der Waals surface area (Å²) >= 11 is 0. The first kappa shape index (κ1) is 25.4. The normalized spacial score (nSPS) is 13.3. The van der Waals surface area contributed by atoms with Crippen LogP contribution in [0.1, 0.15) is 5.56 Å². The standard InChI is InChI=1S/C45H29N/c1-2-7-39-38(6-1)43-9-3-8-42-37(22-23-44(39)45(42)43)33-15-19-36-32(26-33)17-21-40-35-18-14-30(25-31(35)16-20-41(36)40)28-10-12-29(13-11-28)34-5-4-24-46-27-34/h1-23,25-27,46H,24H2. The van der Waals surface area contributed by atoms with E-state index in [2.05, 4.69) is 163 Å². The SMILES string of the molecule is C1=CC(c2ccc(-c3ccc4c(ccc5c6ccc(-c7ccc8c9c(cccc79)-c7ccccc7-8)cc6ccc45)c3)cc2)=CNC1. The molecule has 1 heteroatoms. The molecule has 0 bridgehead atoms. The number of hydrogen-bond donors (Lipinski definition) is 1. The average molecular weight is 584 g/mol. The highest BCUT2D eigenvalue weighted by molar-refractivity contribution is 6.20. The fraction of sp³-hybridized carbons (Fsp3) is 0.0222. The molecule has 0 radical (unpaired) electrons. The molecular weight excluding hydrogens is 555 g/mol. The van der Waals surface area contributed by atoms with Crippen molar-refractivity contribution in [3.05, 3.63) is 163 Å². The van der Waals surface area contributed by atoms with Crippen LogP contribution in [0.4, 0.5) is 0 Å². The Morgan fingerprint density at radius 3 is 1.70 bits per heavy atom. The molecule has 0 aromatic heterocycles. The van der Waals surface area contributed by atoms with Gasteiger partial charge in [-0.25, -0.2) is 0 Å². The average Bonchev–Trinajstić information content (AvgIpc) is 3.46. The zero-order chi connectivity index (χ0) is 30.2. The Labute approximate surface area is 267 Å². The van der Waals surface area contributed by atoms with E-state index >= 15 is 0 Å². The fourth-order valence-electron chi connectivity index (χ4n) is 7.80. The van der Waals surface area contributed by atoms with Crippen LogP contribution in [0, 0.1) is 0 Å². The van der Waals surface area contributed by atoms with Gasteiger partial charge >= 0.3 is 0 Å². The highest BCUT2D eigenvalue weighted by Gasteiger charge is 2.22. The molecule has 8 aromatic rings. The summed E-state index contributed by atoms with van der Waals surface area (Å²) in [5, 5.41) is 13.7. The third-order valence-corrected chi connectivity index (χ3v) is 10.0. The molecule has 2 aliphatic rings. The van der Waals surface area contributed by atoms with Crippen LogP contribution in [-0.2, 0) is 0 Å². The number of dihydropyridines is 1. The third-order valence-electron chi connectivity index (χ3n) is 10.0. The number of allylic oxidation sites excluding steroid dienone is 2. The quantitative estimate of drug-likeness (QED) is 0.204. The Hall–Kier alpha value is -5.92. The lowest BCUT2D eigenvalue weighted by Gasteiger charge is -2.13. The van der Waals surface area contributed by atoms with Gasteiger partial charge in [-0.05, 0) is 111 Å². The summed E-state index contributed by atoms with van der Waals surface area (Å²) in [7, 11) is 0. The molecule has 0 spiro atoms. The largest absolute Gasteiger partial charge is 0.387 e. The zero-order valence-corrected chi connectivity index (χ0v) is 25.2. The Balaban J connectivity index is 1.04. The van der Waals surface area contributed by atoms with Crippen molar-refractivity contribution in [2.75, 3.05) is 6.54 Å². The Bertz CT molecular complexity index is 2590. The molecule has 0 saturated carbocycles. The van der Waals surface area contributed by atoms with Crippen LogP contribution in [-0.4, -0.2) is 6.54 Å². The molecule has 10 rings (SSSR count). The fourth-order valence-corrected chi connectivity index (χ4v) is 7.80. The number of benzene rings is 8. The van der Waals surface area contributed by atoms with Gasteiger partial charge in [0.05, 0.1) is 0 Å². The van der Waals surface area contributed by atoms with Crippen LogP contribution in [0.15, 0.2) is 158 Å². The van der Waals surface area contributed by atoms with Crippen molar-refractivity contribution in [2.24, 2.45) is 0 Å². The van der Waals surface area contributed by atoms with E-state index in [4.69, 9.17) is 0 Å². The number of fused-ring (bicyclic) bond motifs is 8. The zero-order valence-electron chi connectivity index (χ0n) is 25.2. The minimum Gasteiger partial charge on any atom is -0.387 e. The predicted molar refractivity (Wildman–Crippen MR) is 197 cm³/mol. The van der Waals surface area contributed by atoms with Gasteiger partial charge in [-0.2, -0.15) is 0 Å². The van der Waals surface area contributed by atoms with Gasteiger partial charge in [-0.1, -0.05) is 140 Å². The first-order valence-corrected chi connectivity index (χ1v) is 16.1. The first-order chi connectivity index (χ1) is 22.8. The van der Waals surface area contributed by atoms with Gasteiger partial charge in [-0.15, -0.1) is 0 Å². The maximum atomic E-state index is 3.30. The van der Waals surface area contributed by atoms with E-state index in [0.717, 1.165) is 6.54 Å². The van der Waals surface area contributed by atoms with Crippen molar-refractivity contribution in [3.8, 4) is 44.5 Å². The summed E-state index contributed by atoms with van der Waals surface area (Å²) in [4.78, 5) is 0. The highest BCUT2D eigenvalue weighted by atomic mass is 14.8. The smallest absolute Gasteiger partial charge is 0.0328 e. The summed E-state index contributed by atoms with van der Waals surface area (Å²) < 4.78 is 0. The summed E-state index contributed by atoms with van der Waals surface area (Å²) in [5.74, 6) is 0. The number of hydrogen-bond acceptors (Lipinski definition) is 1. The van der Waals surface area contributed by atoms with Crippen LogP contribution >= 0.6 is 0 Å². The second kappa shape index (κ2) is 9.79. The van der Waals surface area contributed by atoms with E-state index in [-0.39, 0.29) is 0 Å². The molecule has 1 aliphatic carbocycles. The van der Waals surface area contributed by atoms with E-state index in [1.807, 2.05) is 0 Å². The van der Waals surface area contributed by atoms with Crippen LogP contribution in [0.25, 0.3) is 93.2 Å². The lowest BCUT2D eigenvalue weighted by atomic mass is 9.91. The summed E-state index contributed by atoms with van der Waals surface area (Å²) in [6.07, 6.45) is 6.43. The Kier molecular flexibility index (Phi) is 5.41. The topological polar surface area (TPSA) is 12.0 Å². The number of rotatable bonds is 3. The van der Waals surface area contributed by atoms with Crippen molar-refractivity contribution < 1.29 is 0 Å². The molecule has 8 aromatic carbocycles. The van der Waals surface area contributed by atoms with Gasteiger partial charge in [0.1, 0.15) is 0 Å². The molecule has 0 unspecified atom stereocenters. The van der Waals surface area contributed by atoms with E-state index in [1.54, 1.807) is 0 Å². The molecule has 0 fully saturated rings. The summed E-state index contributed by atoms with van der Waals surface area (Å²) in [6, 6.07) is 52.1. The molecule has 1 nitrogen and oxygen atoms in total. The molecule has 0 saturated heterocycles. The Morgan fingerprint density at radius 2 is 0.978 bits per heavy atom. The molecule has 1 heterocycles. The van der Waals surface area contributed by atoms with E-state index in [0.29, 0.717) is 0 Å². The van der Waals surface area contributed by atoms with Crippen molar-refractivity contribution >= 4 is 48.7 Å². The molecule has 1 aliphatic heterocycles. The van der Waals surface area contributed by atoms with Crippen LogP contribution in [0.5, 0.6) is 0 Å². The minimum atomic E-state index is 0.896. The van der Waals surface area contributed by atoms with Gasteiger partial charge in [-0.3, -0.25) is 0 Å². The van der Waals surface area contributed by atoms with E-state index in [9.17, 15) is 0 Å². The Morgan fingerprint density at radius 1 is 0.391 bits per heavy atom. The maximum absolute atomic E-state index is 3.30. The second-order valence-electron chi connectivity index (χ2n) is 12.5. The molecule has 46 heavy (non-hydrogen) atoms. The van der Waals surface area contributed by atoms with Crippen LogP contribution in [0.2, 0.25) is 0 Å². The van der Waals surface area contributed by atoms with Crippen molar-refractivity contribution in [1.29, 1.82) is 0 Å². The van der Waals surface area contributed by atoms with Crippen molar-refractivity contribution in [1.82, 2.24) is 5.32 Å². The molecular formula is C45H29N. The van der Waals surface area contributed by atoms with Gasteiger partial charge in [0.2, 0.25) is 0 Å². The summed E-state index contributed by atoms with van der Waals surface area (Å²) in [6.45, 7) is 0.896. The molecule has 0 atom stereocenters. The lowest BCUT2D eigenvalue weighted by Crippen LogP contribution is -2.08. The van der Waals surface area contributed by atoms with Gasteiger partial charge < -0.3 is 5.32 Å². The van der Waals surface area contributed by atoms with E-state index < -0.39 is 0 Å². The van der Waals surface area contributed by atoms with Gasteiger partial charge in [0, 0.05) is 12.7 Å². The van der Waals surface area contributed by atoms with Gasteiger partial charge in [0.15, 0.2) is 0 Å². The highest BCUT2D eigenvalue weighted by Crippen LogP contribution is 2.49. The number of nitrogens with one attached hydrogen (secondary N) is 1. The molecule has 214 valence electrons. The second-order valence-corrected chi connectivity index (χ2v) is 12.5. The molecule has 1 N–H and O–H groups in total. The van der Waals surface area contributed by atoms with Gasteiger partial charge in [0.25, 0.3) is 0 Å². The van der Waals surface area contributed by atoms with E-state index in [1.165, 1.54) is 98.7 Å². The monoisotopic (exact) mass is 583 g/mol. The van der Waals surface area contributed by atoms with Crippen LogP contribution in [0.3, 0.4) is 0 Å². The molecule has 0 amide bonds. The van der Waals surface area contributed by atoms with Crippen molar-refractivity contribution in [2.45, 2.75) is 0 Å². The predicted octanol–water partition coefficient (Wildman–Crippen LogP) is 11.8. The van der Waals surface area contributed by atoms with Crippen LogP contribution < -0.4 is 5.32 Å². The third kappa shape index (κ3) is 3.76. The first-order valence-electron chi connectivity index (χ1n) is 16.1.